The average molecular weight is 325 g/mol. The van der Waals surface area contributed by atoms with Gasteiger partial charge in [-0.1, -0.05) is 6.92 Å². The minimum absolute atomic E-state index is 0.0102. The van der Waals surface area contributed by atoms with Crippen molar-refractivity contribution < 1.29 is 21.6 Å². The van der Waals surface area contributed by atoms with E-state index in [2.05, 4.69) is 4.72 Å². The Morgan fingerprint density at radius 1 is 1.33 bits per heavy atom. The molecule has 5 nitrogen and oxygen atoms in total. The molecule has 0 saturated heterocycles. The van der Waals surface area contributed by atoms with E-state index in [1.165, 1.54) is 19.2 Å². The molecule has 9 heteroatoms. The van der Waals surface area contributed by atoms with Crippen LogP contribution in [0.25, 0.3) is 0 Å². The molecule has 0 bridgehead atoms. The Morgan fingerprint density at radius 2 is 1.95 bits per heavy atom. The summed E-state index contributed by atoms with van der Waals surface area (Å²) in [7, 11) is -2.44. The monoisotopic (exact) mass is 325 g/mol. The molecule has 21 heavy (non-hydrogen) atoms. The summed E-state index contributed by atoms with van der Waals surface area (Å²) in [5.74, 6) is 0. The van der Waals surface area contributed by atoms with Crippen LogP contribution in [0.5, 0.6) is 0 Å². The summed E-state index contributed by atoms with van der Waals surface area (Å²) in [5, 5.41) is 0. The number of hydrogen-bond acceptors (Lipinski definition) is 4. The van der Waals surface area contributed by atoms with Gasteiger partial charge in [0.2, 0.25) is 10.0 Å². The third-order valence-corrected chi connectivity index (χ3v) is 4.19. The lowest BCUT2D eigenvalue weighted by atomic mass is 10.2. The molecule has 0 aliphatic carbocycles. The zero-order chi connectivity index (χ0) is 16.3. The van der Waals surface area contributed by atoms with Gasteiger partial charge in [0, 0.05) is 6.54 Å². The number of sulfonamides is 1. The molecule has 0 spiro atoms. The molecular weight excluding hydrogens is 307 g/mol. The number of hydrogen-bond donors (Lipinski definition) is 2. The largest absolute Gasteiger partial charge is 0.405 e. The molecule has 0 heterocycles. The van der Waals surface area contributed by atoms with Crippen LogP contribution >= 0.6 is 0 Å². The summed E-state index contributed by atoms with van der Waals surface area (Å²) in [6.07, 6.45) is -3.86. The molecule has 3 N–H and O–H groups in total. The van der Waals surface area contributed by atoms with E-state index in [1.807, 2.05) is 0 Å². The number of nitrogens with two attached hydrogens (primary N) is 1. The van der Waals surface area contributed by atoms with E-state index in [0.717, 1.165) is 11.0 Å². The molecule has 1 aromatic rings. The van der Waals surface area contributed by atoms with E-state index in [4.69, 9.17) is 5.73 Å². The van der Waals surface area contributed by atoms with Crippen LogP contribution in [0.2, 0.25) is 0 Å². The number of nitrogen functional groups attached to an aromatic ring is 1. The van der Waals surface area contributed by atoms with Crippen molar-refractivity contribution >= 4 is 21.4 Å². The summed E-state index contributed by atoms with van der Waals surface area (Å²) in [6.45, 7) is 0.782. The fourth-order valence-corrected chi connectivity index (χ4v) is 2.64. The minimum Gasteiger partial charge on any atom is -0.397 e. The van der Waals surface area contributed by atoms with Gasteiger partial charge in [-0.05, 0) is 31.7 Å². The molecule has 1 rings (SSSR count). The zero-order valence-electron chi connectivity index (χ0n) is 11.7. The molecule has 0 atom stereocenters. The van der Waals surface area contributed by atoms with Crippen LogP contribution in [0.15, 0.2) is 23.1 Å². The summed E-state index contributed by atoms with van der Waals surface area (Å²) in [5.41, 5.74) is 5.88. The van der Waals surface area contributed by atoms with Crippen molar-refractivity contribution in [2.75, 3.05) is 30.8 Å². The lowest BCUT2D eigenvalue weighted by Gasteiger charge is -2.27. The highest BCUT2D eigenvalue weighted by Gasteiger charge is 2.31. The summed E-state index contributed by atoms with van der Waals surface area (Å²) >= 11 is 0. The van der Waals surface area contributed by atoms with Gasteiger partial charge in [0.05, 0.1) is 16.3 Å². The Bertz CT molecular complexity index is 588. The Balaban J connectivity index is 3.17. The highest BCUT2D eigenvalue weighted by atomic mass is 32.2. The van der Waals surface area contributed by atoms with Crippen molar-refractivity contribution in [3.8, 4) is 0 Å². The van der Waals surface area contributed by atoms with Crippen molar-refractivity contribution in [1.82, 2.24) is 4.72 Å². The maximum absolute atomic E-state index is 12.6. The number of halogens is 3. The number of rotatable bonds is 6. The maximum atomic E-state index is 12.6. The topological polar surface area (TPSA) is 75.4 Å². The number of nitrogens with zero attached hydrogens (tertiary/aromatic N) is 1. The van der Waals surface area contributed by atoms with Crippen molar-refractivity contribution in [2.45, 2.75) is 24.4 Å². The fourth-order valence-electron chi connectivity index (χ4n) is 1.88. The van der Waals surface area contributed by atoms with Gasteiger partial charge in [-0.25, -0.2) is 13.1 Å². The van der Waals surface area contributed by atoms with Crippen molar-refractivity contribution in [2.24, 2.45) is 0 Å². The fraction of sp³-hybridized carbons (Fsp3) is 0.500. The minimum atomic E-state index is -4.36. The van der Waals surface area contributed by atoms with Crippen molar-refractivity contribution in [3.05, 3.63) is 18.2 Å². The molecule has 0 aliphatic rings. The van der Waals surface area contributed by atoms with Crippen LogP contribution in [0, 0.1) is 0 Å². The maximum Gasteiger partial charge on any atom is 0.405 e. The Hall–Kier alpha value is -1.48. The van der Waals surface area contributed by atoms with Crippen LogP contribution in [0.4, 0.5) is 24.5 Å². The van der Waals surface area contributed by atoms with Gasteiger partial charge in [-0.15, -0.1) is 0 Å². The molecular formula is C12H18F3N3O2S. The summed E-state index contributed by atoms with van der Waals surface area (Å²) in [4.78, 5) is 1.00. The Morgan fingerprint density at radius 3 is 2.38 bits per heavy atom. The summed E-state index contributed by atoms with van der Waals surface area (Å²) in [6, 6.07) is 3.68. The van der Waals surface area contributed by atoms with Gasteiger partial charge in [0.25, 0.3) is 0 Å². The summed E-state index contributed by atoms with van der Waals surface area (Å²) < 4.78 is 63.1. The van der Waals surface area contributed by atoms with E-state index >= 15 is 0 Å². The molecule has 120 valence electrons. The molecule has 0 aliphatic heterocycles. The van der Waals surface area contributed by atoms with Crippen molar-refractivity contribution in [1.29, 1.82) is 0 Å². The first-order chi connectivity index (χ1) is 9.60. The van der Waals surface area contributed by atoms with Crippen LogP contribution in [-0.4, -0.2) is 34.7 Å². The van der Waals surface area contributed by atoms with Crippen molar-refractivity contribution in [3.63, 3.8) is 0 Å². The third kappa shape index (κ3) is 4.78. The van der Waals surface area contributed by atoms with Crippen LogP contribution in [0.3, 0.4) is 0 Å². The van der Waals surface area contributed by atoms with Gasteiger partial charge in [0.15, 0.2) is 0 Å². The molecule has 0 fully saturated rings. The predicted molar refractivity (Wildman–Crippen MR) is 75.7 cm³/mol. The first-order valence-electron chi connectivity index (χ1n) is 6.25. The number of benzene rings is 1. The van der Waals surface area contributed by atoms with Gasteiger partial charge in [0.1, 0.15) is 6.54 Å². The molecule has 0 unspecified atom stereocenters. The second-order valence-corrected chi connectivity index (χ2v) is 6.35. The highest BCUT2D eigenvalue weighted by Crippen LogP contribution is 2.29. The van der Waals surface area contributed by atoms with Gasteiger partial charge in [-0.3, -0.25) is 0 Å². The van der Waals surface area contributed by atoms with Gasteiger partial charge >= 0.3 is 6.18 Å². The number of anilines is 2. The second kappa shape index (κ2) is 6.52. The normalized spacial score (nSPS) is 12.4. The number of nitrogens with one attached hydrogen (secondary N) is 1. The SMILES string of the molecule is CCCN(CC(F)(F)F)c1ccc(S(=O)(=O)NC)cc1N. The van der Waals surface area contributed by atoms with E-state index in [1.54, 1.807) is 6.92 Å². The lowest BCUT2D eigenvalue weighted by molar-refractivity contribution is -0.119. The third-order valence-electron chi connectivity index (χ3n) is 2.78. The molecule has 0 radical (unpaired) electrons. The zero-order valence-corrected chi connectivity index (χ0v) is 12.6. The smallest absolute Gasteiger partial charge is 0.397 e. The van der Waals surface area contributed by atoms with Gasteiger partial charge in [-0.2, -0.15) is 13.2 Å². The van der Waals surface area contributed by atoms with E-state index in [-0.39, 0.29) is 22.8 Å². The average Bonchev–Trinajstić information content (AvgIpc) is 2.36. The van der Waals surface area contributed by atoms with E-state index < -0.39 is 22.7 Å². The van der Waals surface area contributed by atoms with Crippen LogP contribution in [0.1, 0.15) is 13.3 Å². The first-order valence-corrected chi connectivity index (χ1v) is 7.74. The first kappa shape index (κ1) is 17.6. The second-order valence-electron chi connectivity index (χ2n) is 4.46. The molecule has 1 aromatic carbocycles. The molecule has 0 amide bonds. The lowest BCUT2D eigenvalue weighted by Crippen LogP contribution is -2.35. The molecule has 0 aromatic heterocycles. The van der Waals surface area contributed by atoms with Crippen LogP contribution < -0.4 is 15.4 Å². The number of alkyl halides is 3. The standard InChI is InChI=1S/C12H18F3N3O2S/c1-3-6-18(8-12(13,14)15)11-5-4-9(7-10(11)16)21(19,20)17-2/h4-5,7,17H,3,6,8,16H2,1-2H3. The van der Waals surface area contributed by atoms with E-state index in [0.29, 0.717) is 6.42 Å². The predicted octanol–water partition coefficient (Wildman–Crippen LogP) is 1.96. The quantitative estimate of drug-likeness (QED) is 0.784. The Kier molecular flexibility index (Phi) is 5.46. The molecule has 0 saturated carbocycles. The van der Waals surface area contributed by atoms with E-state index in [9.17, 15) is 21.6 Å². The highest BCUT2D eigenvalue weighted by molar-refractivity contribution is 7.89. The van der Waals surface area contributed by atoms with Crippen LogP contribution in [-0.2, 0) is 10.0 Å². The Labute approximate surface area is 122 Å². The van der Waals surface area contributed by atoms with Gasteiger partial charge < -0.3 is 10.6 Å².